The van der Waals surface area contributed by atoms with Gasteiger partial charge in [-0.25, -0.2) is 0 Å². The Balaban J connectivity index is 1.47. The number of hydrogen-bond acceptors (Lipinski definition) is 4. The van der Waals surface area contributed by atoms with E-state index in [-0.39, 0.29) is 6.10 Å². The molecule has 0 radical (unpaired) electrons. The van der Waals surface area contributed by atoms with Crippen LogP contribution in [0.4, 0.5) is 0 Å². The first-order valence-corrected chi connectivity index (χ1v) is 6.09. The van der Waals surface area contributed by atoms with Crippen molar-refractivity contribution < 1.29 is 18.9 Å². The Kier molecular flexibility index (Phi) is 3.13. The van der Waals surface area contributed by atoms with E-state index >= 15 is 0 Å². The van der Waals surface area contributed by atoms with Gasteiger partial charge < -0.3 is 18.9 Å². The lowest BCUT2D eigenvalue weighted by Gasteiger charge is -2.24. The van der Waals surface area contributed by atoms with Gasteiger partial charge in [0.25, 0.3) is 0 Å². The fourth-order valence-corrected chi connectivity index (χ4v) is 1.88. The summed E-state index contributed by atoms with van der Waals surface area (Å²) in [7, 11) is 0. The molecule has 3 rings (SSSR count). The molecule has 2 heterocycles. The second-order valence-corrected chi connectivity index (χ2v) is 4.58. The van der Waals surface area contributed by atoms with E-state index in [1.54, 1.807) is 0 Å². The molecule has 2 saturated heterocycles. The van der Waals surface area contributed by atoms with Crippen molar-refractivity contribution in [2.45, 2.75) is 37.6 Å². The summed E-state index contributed by atoms with van der Waals surface area (Å²) in [5, 5.41) is 0. The summed E-state index contributed by atoms with van der Waals surface area (Å²) in [5.74, 6) is 1.00. The van der Waals surface area contributed by atoms with Crippen LogP contribution in [-0.4, -0.2) is 44.7 Å². The predicted octanol–water partition coefficient (Wildman–Crippen LogP) is 1.25. The molecule has 0 aromatic rings. The Morgan fingerprint density at radius 2 is 1.94 bits per heavy atom. The van der Waals surface area contributed by atoms with Crippen molar-refractivity contribution in [2.24, 2.45) is 0 Å². The van der Waals surface area contributed by atoms with Crippen LogP contribution in [0.2, 0.25) is 0 Å². The summed E-state index contributed by atoms with van der Waals surface area (Å²) in [4.78, 5) is 0. The van der Waals surface area contributed by atoms with Gasteiger partial charge in [-0.3, -0.25) is 0 Å². The van der Waals surface area contributed by atoms with Crippen LogP contribution < -0.4 is 0 Å². The van der Waals surface area contributed by atoms with E-state index in [1.807, 2.05) is 0 Å². The summed E-state index contributed by atoms with van der Waals surface area (Å²) in [6.45, 7) is 3.06. The molecule has 4 heteroatoms. The Morgan fingerprint density at radius 1 is 1.19 bits per heavy atom. The lowest BCUT2D eigenvalue weighted by Crippen LogP contribution is -2.23. The smallest absolute Gasteiger partial charge is 0.121 e. The largest absolute Gasteiger partial charge is 0.493 e. The summed E-state index contributed by atoms with van der Waals surface area (Å²) in [6.07, 6.45) is 6.28. The van der Waals surface area contributed by atoms with Crippen molar-refractivity contribution in [1.29, 1.82) is 0 Å². The zero-order chi connectivity index (χ0) is 10.8. The van der Waals surface area contributed by atoms with Gasteiger partial charge in [-0.05, 0) is 25.3 Å². The van der Waals surface area contributed by atoms with E-state index in [9.17, 15) is 0 Å². The molecule has 0 bridgehead atoms. The van der Waals surface area contributed by atoms with Crippen molar-refractivity contribution >= 4 is 0 Å². The minimum absolute atomic E-state index is 0.136. The van der Waals surface area contributed by atoms with Crippen LogP contribution in [0.5, 0.6) is 0 Å². The molecule has 1 aliphatic carbocycles. The maximum Gasteiger partial charge on any atom is 0.121 e. The lowest BCUT2D eigenvalue weighted by molar-refractivity contribution is 0.00960. The molecule has 0 saturated carbocycles. The minimum Gasteiger partial charge on any atom is -0.493 e. The van der Waals surface area contributed by atoms with Gasteiger partial charge in [-0.1, -0.05) is 0 Å². The molecular formula is C12H18O4. The third kappa shape index (κ3) is 2.97. The molecule has 16 heavy (non-hydrogen) atoms. The molecule has 3 atom stereocenters. The van der Waals surface area contributed by atoms with Crippen molar-refractivity contribution in [3.63, 3.8) is 0 Å². The third-order valence-electron chi connectivity index (χ3n) is 3.06. The van der Waals surface area contributed by atoms with Crippen molar-refractivity contribution in [1.82, 2.24) is 0 Å². The van der Waals surface area contributed by atoms with Gasteiger partial charge in [0.1, 0.15) is 30.7 Å². The van der Waals surface area contributed by atoms with E-state index in [0.717, 1.165) is 31.8 Å². The predicted molar refractivity (Wildman–Crippen MR) is 57.1 cm³/mol. The van der Waals surface area contributed by atoms with Crippen molar-refractivity contribution in [2.75, 3.05) is 26.4 Å². The fraction of sp³-hybridized carbons (Fsp3) is 0.833. The molecule has 90 valence electrons. The van der Waals surface area contributed by atoms with Gasteiger partial charge in [0.2, 0.25) is 0 Å². The normalized spacial score (nSPS) is 36.8. The van der Waals surface area contributed by atoms with Gasteiger partial charge >= 0.3 is 0 Å². The molecule has 4 nitrogen and oxygen atoms in total. The van der Waals surface area contributed by atoms with E-state index in [1.165, 1.54) is 6.42 Å². The summed E-state index contributed by atoms with van der Waals surface area (Å²) in [6, 6.07) is 0. The Bertz CT molecular complexity index is 268. The fourth-order valence-electron chi connectivity index (χ4n) is 1.88. The van der Waals surface area contributed by atoms with Crippen LogP contribution in [0.25, 0.3) is 0 Å². The second-order valence-electron chi connectivity index (χ2n) is 4.58. The maximum atomic E-state index is 5.81. The van der Waals surface area contributed by atoms with Gasteiger partial charge in [0.05, 0.1) is 19.8 Å². The molecule has 0 aromatic carbocycles. The first-order chi connectivity index (χ1) is 7.92. The van der Waals surface area contributed by atoms with Gasteiger partial charge in [-0.2, -0.15) is 0 Å². The number of epoxide rings is 2. The molecule has 0 aromatic heterocycles. The highest BCUT2D eigenvalue weighted by Crippen LogP contribution is 2.25. The van der Waals surface area contributed by atoms with E-state index < -0.39 is 0 Å². The molecule has 3 aliphatic rings. The zero-order valence-electron chi connectivity index (χ0n) is 9.39. The van der Waals surface area contributed by atoms with Crippen LogP contribution in [0.1, 0.15) is 19.3 Å². The third-order valence-corrected chi connectivity index (χ3v) is 3.06. The Labute approximate surface area is 95.5 Å². The van der Waals surface area contributed by atoms with Crippen LogP contribution >= 0.6 is 0 Å². The summed E-state index contributed by atoms with van der Waals surface area (Å²) >= 11 is 0. The van der Waals surface area contributed by atoms with Gasteiger partial charge in [0.15, 0.2) is 0 Å². The average Bonchev–Trinajstić information content (AvgIpc) is 3.17. The SMILES string of the molecule is C1=C(OCC2CO2)C(OCC2CO2)CCC1. The first-order valence-electron chi connectivity index (χ1n) is 6.09. The standard InChI is InChI=1S/C12H18O4/c1-2-4-12(16-8-10-6-14-10)11(3-1)15-7-9-5-13-9/h3,9-10,12H,1-2,4-8H2. The molecule has 2 aliphatic heterocycles. The van der Waals surface area contributed by atoms with Crippen LogP contribution in [-0.2, 0) is 18.9 Å². The molecule has 0 N–H and O–H groups in total. The number of ether oxygens (including phenoxy) is 4. The monoisotopic (exact) mass is 226 g/mol. The summed E-state index contributed by atoms with van der Waals surface area (Å²) < 4.78 is 21.8. The maximum absolute atomic E-state index is 5.81. The molecule has 0 spiro atoms. The number of allylic oxidation sites excluding steroid dienone is 1. The molecule has 0 amide bonds. The van der Waals surface area contributed by atoms with E-state index in [4.69, 9.17) is 18.9 Å². The Hall–Kier alpha value is -0.580. The van der Waals surface area contributed by atoms with Crippen molar-refractivity contribution in [3.05, 3.63) is 11.8 Å². The highest BCUT2D eigenvalue weighted by Gasteiger charge is 2.29. The topological polar surface area (TPSA) is 43.5 Å². The molecule has 3 unspecified atom stereocenters. The Morgan fingerprint density at radius 3 is 2.69 bits per heavy atom. The van der Waals surface area contributed by atoms with E-state index in [0.29, 0.717) is 25.4 Å². The van der Waals surface area contributed by atoms with Crippen LogP contribution in [0, 0.1) is 0 Å². The van der Waals surface area contributed by atoms with E-state index in [2.05, 4.69) is 6.08 Å². The van der Waals surface area contributed by atoms with Crippen molar-refractivity contribution in [3.8, 4) is 0 Å². The van der Waals surface area contributed by atoms with Crippen LogP contribution in [0.3, 0.4) is 0 Å². The summed E-state index contributed by atoms with van der Waals surface area (Å²) in [5.41, 5.74) is 0. The first kappa shape index (κ1) is 10.6. The zero-order valence-corrected chi connectivity index (χ0v) is 9.39. The average molecular weight is 226 g/mol. The highest BCUT2D eigenvalue weighted by atomic mass is 16.6. The quantitative estimate of drug-likeness (QED) is 0.639. The molecule has 2 fully saturated rings. The number of hydrogen-bond donors (Lipinski definition) is 0. The molecular weight excluding hydrogens is 208 g/mol. The second kappa shape index (κ2) is 4.73. The van der Waals surface area contributed by atoms with Crippen LogP contribution in [0.15, 0.2) is 11.8 Å². The van der Waals surface area contributed by atoms with Gasteiger partial charge in [0, 0.05) is 0 Å². The highest BCUT2D eigenvalue weighted by molar-refractivity contribution is 5.05. The van der Waals surface area contributed by atoms with Gasteiger partial charge in [-0.15, -0.1) is 0 Å². The lowest BCUT2D eigenvalue weighted by atomic mass is 10.0. The number of rotatable bonds is 6. The minimum atomic E-state index is 0.136.